The molecule has 0 aliphatic rings. The maximum atomic E-state index is 10.3. The number of hydrogen-bond acceptors (Lipinski definition) is 8. The van der Waals surface area contributed by atoms with Crippen molar-refractivity contribution in [1.82, 2.24) is 0 Å². The van der Waals surface area contributed by atoms with E-state index in [2.05, 4.69) is 0 Å². The van der Waals surface area contributed by atoms with E-state index in [0.29, 0.717) is 11.4 Å². The maximum Gasteiger partial charge on any atom is 2.00 e. The summed E-state index contributed by atoms with van der Waals surface area (Å²) in [5, 5.41) is 0. The number of benzene rings is 2. The molecule has 2 aromatic carbocycles. The molecule has 0 bridgehead atoms. The summed E-state index contributed by atoms with van der Waals surface area (Å²) in [7, 11) is -8.65. The summed E-state index contributed by atoms with van der Waals surface area (Å²) in [4.78, 5) is -0.515. The quantitative estimate of drug-likeness (QED) is 0.253. The van der Waals surface area contributed by atoms with E-state index in [-0.39, 0.29) is 51.2 Å². The normalized spacial score (nSPS) is 9.26. The van der Waals surface area contributed by atoms with Crippen LogP contribution < -0.4 is 11.5 Å². The molecule has 0 radical (unpaired) electrons. The van der Waals surface area contributed by atoms with Crippen LogP contribution in [0.5, 0.6) is 0 Å². The molecule has 0 amide bonds. The molecular formula is C12H20N2O10S2Zn. The van der Waals surface area contributed by atoms with Gasteiger partial charge in [-0.05, 0) is 48.5 Å². The second-order valence-electron chi connectivity index (χ2n) is 4.05. The summed E-state index contributed by atoms with van der Waals surface area (Å²) in [6, 6.07) is 10.2. The van der Waals surface area contributed by atoms with Crippen LogP contribution in [0.25, 0.3) is 0 Å². The first kappa shape index (κ1) is 36.3. The van der Waals surface area contributed by atoms with E-state index in [9.17, 15) is 25.9 Å². The molecule has 0 aliphatic carbocycles. The van der Waals surface area contributed by atoms with E-state index >= 15 is 0 Å². The van der Waals surface area contributed by atoms with Gasteiger partial charge in [0.25, 0.3) is 0 Å². The molecule has 2 aromatic rings. The van der Waals surface area contributed by atoms with Crippen molar-refractivity contribution in [3.63, 3.8) is 0 Å². The average molecular weight is 482 g/mol. The van der Waals surface area contributed by atoms with Gasteiger partial charge in [-0.2, -0.15) is 0 Å². The second-order valence-corrected chi connectivity index (χ2v) is 6.81. The van der Waals surface area contributed by atoms with E-state index in [0.717, 1.165) is 0 Å². The van der Waals surface area contributed by atoms with Gasteiger partial charge in [-0.15, -0.1) is 0 Å². The first-order chi connectivity index (χ1) is 10.00. The van der Waals surface area contributed by atoms with Crippen LogP contribution in [0.15, 0.2) is 58.3 Å². The Morgan fingerprint density at radius 3 is 0.889 bits per heavy atom. The van der Waals surface area contributed by atoms with Crippen LogP contribution in [0.3, 0.4) is 0 Å². The predicted molar refractivity (Wildman–Crippen MR) is 92.1 cm³/mol. The zero-order valence-electron chi connectivity index (χ0n) is 13.7. The average Bonchev–Trinajstić information content (AvgIpc) is 2.38. The van der Waals surface area contributed by atoms with Crippen molar-refractivity contribution in [3.05, 3.63) is 48.5 Å². The van der Waals surface area contributed by atoms with Crippen molar-refractivity contribution in [3.8, 4) is 0 Å². The Kier molecular flexibility index (Phi) is 19.3. The molecule has 12 nitrogen and oxygen atoms in total. The smallest absolute Gasteiger partial charge is 0.744 e. The van der Waals surface area contributed by atoms with Crippen LogP contribution in [0, 0.1) is 0 Å². The van der Waals surface area contributed by atoms with Gasteiger partial charge in [0.15, 0.2) is 0 Å². The van der Waals surface area contributed by atoms with Gasteiger partial charge in [0.1, 0.15) is 20.2 Å². The Morgan fingerprint density at radius 2 is 0.741 bits per heavy atom. The molecule has 0 aromatic heterocycles. The molecular weight excluding hydrogens is 462 g/mol. The summed E-state index contributed by atoms with van der Waals surface area (Å²) >= 11 is 0. The van der Waals surface area contributed by atoms with Gasteiger partial charge < -0.3 is 42.5 Å². The number of nitrogen functional groups attached to an aromatic ring is 2. The summed E-state index contributed by atoms with van der Waals surface area (Å²) in [5.41, 5.74) is 11.4. The van der Waals surface area contributed by atoms with Gasteiger partial charge >= 0.3 is 19.5 Å². The third-order valence-corrected chi connectivity index (χ3v) is 4.04. The summed E-state index contributed by atoms with van der Waals surface area (Å²) in [6.45, 7) is 0. The van der Waals surface area contributed by atoms with E-state index in [1.54, 1.807) is 0 Å². The Hall–Kier alpha value is -1.68. The molecule has 0 spiro atoms. The summed E-state index contributed by atoms with van der Waals surface area (Å²) < 4.78 is 62.1. The molecule has 27 heavy (non-hydrogen) atoms. The van der Waals surface area contributed by atoms with E-state index in [1.807, 2.05) is 0 Å². The Bertz CT molecular complexity index is 767. The fourth-order valence-corrected chi connectivity index (χ4v) is 2.21. The van der Waals surface area contributed by atoms with Crippen LogP contribution in [-0.4, -0.2) is 47.8 Å². The molecule has 0 aliphatic heterocycles. The third kappa shape index (κ3) is 13.2. The molecule has 0 saturated carbocycles. The van der Waals surface area contributed by atoms with Crippen molar-refractivity contribution in [2.24, 2.45) is 0 Å². The van der Waals surface area contributed by atoms with Gasteiger partial charge in [0, 0.05) is 11.4 Å². The number of rotatable bonds is 2. The van der Waals surface area contributed by atoms with Crippen LogP contribution in [0.1, 0.15) is 0 Å². The van der Waals surface area contributed by atoms with Crippen molar-refractivity contribution in [2.45, 2.75) is 9.79 Å². The number of hydrogen-bond donors (Lipinski definition) is 2. The minimum atomic E-state index is -4.33. The number of nitrogens with two attached hydrogens (primary N) is 2. The fraction of sp³-hybridized carbons (Fsp3) is 0. The third-order valence-electron chi connectivity index (χ3n) is 2.34. The standard InChI is InChI=1S/2C6H7NO3S.4H2O.Zn/c2*7-5-1-3-6(4-2-5)11(8,9)10;;;;;/h2*1-4H,7H2,(H,8,9,10);4*1H2;/q;;;;;;+2/p-2. The first-order valence-corrected chi connectivity index (χ1v) is 8.44. The molecule has 152 valence electrons. The molecule has 0 heterocycles. The van der Waals surface area contributed by atoms with Crippen LogP contribution in [0.4, 0.5) is 11.4 Å². The largest absolute Gasteiger partial charge is 2.00 e. The molecule has 12 N–H and O–H groups in total. The minimum absolute atomic E-state index is 0. The molecule has 2 rings (SSSR count). The molecule has 0 atom stereocenters. The minimum Gasteiger partial charge on any atom is -0.744 e. The van der Waals surface area contributed by atoms with Crippen molar-refractivity contribution < 1.29 is 67.3 Å². The van der Waals surface area contributed by atoms with E-state index < -0.39 is 20.2 Å². The van der Waals surface area contributed by atoms with Gasteiger partial charge in [-0.1, -0.05) is 0 Å². The molecule has 0 fully saturated rings. The summed E-state index contributed by atoms with van der Waals surface area (Å²) in [5.74, 6) is 0. The van der Waals surface area contributed by atoms with Gasteiger partial charge in [0.05, 0.1) is 9.79 Å². The maximum absolute atomic E-state index is 10.3. The Labute approximate surface area is 168 Å². The van der Waals surface area contributed by atoms with Crippen molar-refractivity contribution in [2.75, 3.05) is 11.5 Å². The van der Waals surface area contributed by atoms with Gasteiger partial charge in [-0.3, -0.25) is 0 Å². The predicted octanol–water partition coefficient (Wildman–Crippen LogP) is -2.96. The second kappa shape index (κ2) is 14.4. The summed E-state index contributed by atoms with van der Waals surface area (Å²) in [6.07, 6.45) is 0. The van der Waals surface area contributed by atoms with Crippen molar-refractivity contribution in [1.29, 1.82) is 0 Å². The Morgan fingerprint density at radius 1 is 0.556 bits per heavy atom. The van der Waals surface area contributed by atoms with E-state index in [4.69, 9.17) is 11.5 Å². The fourth-order valence-electron chi connectivity index (χ4n) is 1.27. The molecule has 0 saturated heterocycles. The van der Waals surface area contributed by atoms with Crippen LogP contribution in [-0.2, 0) is 39.7 Å². The van der Waals surface area contributed by atoms with Crippen molar-refractivity contribution >= 4 is 31.6 Å². The molecule has 0 unspecified atom stereocenters. The first-order valence-electron chi connectivity index (χ1n) is 5.63. The molecule has 15 heteroatoms. The zero-order valence-corrected chi connectivity index (χ0v) is 18.3. The van der Waals surface area contributed by atoms with Crippen LogP contribution in [0.2, 0.25) is 0 Å². The van der Waals surface area contributed by atoms with Gasteiger partial charge in [0.2, 0.25) is 0 Å². The topological polar surface area (TPSA) is 292 Å². The Balaban J connectivity index is -0.000000101. The monoisotopic (exact) mass is 480 g/mol. The zero-order chi connectivity index (χ0) is 17.0. The number of anilines is 2. The SMILES string of the molecule is Nc1ccc(S(=O)(=O)[O-])cc1.Nc1ccc(S(=O)(=O)[O-])cc1.O.O.O.O.[Zn+2]. The van der Waals surface area contributed by atoms with Crippen LogP contribution >= 0.6 is 0 Å². The van der Waals surface area contributed by atoms with E-state index in [1.165, 1.54) is 48.5 Å². The van der Waals surface area contributed by atoms with Gasteiger partial charge in [-0.25, -0.2) is 16.8 Å².